The Balaban J connectivity index is 1.46. The summed E-state index contributed by atoms with van der Waals surface area (Å²) in [5.74, 6) is 0.369. The summed E-state index contributed by atoms with van der Waals surface area (Å²) >= 11 is 5.01. The van der Waals surface area contributed by atoms with Gasteiger partial charge in [-0.3, -0.25) is 4.79 Å². The van der Waals surface area contributed by atoms with Gasteiger partial charge >= 0.3 is 0 Å². The van der Waals surface area contributed by atoms with Gasteiger partial charge in [0.25, 0.3) is 0 Å². The van der Waals surface area contributed by atoms with E-state index in [1.165, 1.54) is 4.70 Å². The molecule has 0 aliphatic carbocycles. The van der Waals surface area contributed by atoms with Crippen molar-refractivity contribution in [3.63, 3.8) is 0 Å². The predicted octanol–water partition coefficient (Wildman–Crippen LogP) is 4.81. The summed E-state index contributed by atoms with van der Waals surface area (Å²) in [5.41, 5.74) is 8.84. The van der Waals surface area contributed by atoms with Gasteiger partial charge < -0.3 is 5.73 Å². The normalized spacial score (nSPS) is 11.0. The number of nitrogens with zero attached hydrogens (tertiary/aromatic N) is 2. The first-order chi connectivity index (χ1) is 12.2. The van der Waals surface area contributed by atoms with Crippen molar-refractivity contribution in [2.24, 2.45) is 5.73 Å². The third-order valence-corrected chi connectivity index (χ3v) is 6.74. The molecule has 0 spiro atoms. The Labute approximate surface area is 156 Å². The van der Waals surface area contributed by atoms with Crippen molar-refractivity contribution in [2.75, 3.05) is 0 Å². The molecule has 2 aromatic carbocycles. The van der Waals surface area contributed by atoms with Crippen LogP contribution in [0.15, 0.2) is 58.3 Å². The van der Waals surface area contributed by atoms with E-state index in [1.54, 1.807) is 46.6 Å². The minimum Gasteiger partial charge on any atom is -0.366 e. The maximum atomic E-state index is 11.1. The summed E-state index contributed by atoms with van der Waals surface area (Å²) in [4.78, 5) is 20.5. The Hall–Kier alpha value is -2.22. The number of nitrogens with two attached hydrogens (primary N) is 1. The number of rotatable bonds is 5. The lowest BCUT2D eigenvalue weighted by molar-refractivity contribution is 0.100. The molecule has 2 heterocycles. The summed E-state index contributed by atoms with van der Waals surface area (Å²) in [7, 11) is 0. The Kier molecular flexibility index (Phi) is 4.52. The second kappa shape index (κ2) is 6.95. The first-order valence-corrected chi connectivity index (χ1v) is 10.2. The molecule has 7 heteroatoms. The van der Waals surface area contributed by atoms with Crippen LogP contribution < -0.4 is 5.73 Å². The monoisotopic (exact) mass is 383 g/mol. The third kappa shape index (κ3) is 3.58. The summed E-state index contributed by atoms with van der Waals surface area (Å²) in [6, 6.07) is 15.4. The van der Waals surface area contributed by atoms with Crippen LogP contribution in [0, 0.1) is 0 Å². The highest BCUT2D eigenvalue weighted by atomic mass is 32.2. The minimum absolute atomic E-state index is 0.418. The maximum Gasteiger partial charge on any atom is 0.248 e. The lowest BCUT2D eigenvalue weighted by atomic mass is 10.1. The fraction of sp³-hybridized carbons (Fsp3) is 0.0556. The van der Waals surface area contributed by atoms with Crippen molar-refractivity contribution in [1.82, 2.24) is 9.97 Å². The number of hydrogen-bond donors (Lipinski definition) is 1. The predicted molar refractivity (Wildman–Crippen MR) is 105 cm³/mol. The lowest BCUT2D eigenvalue weighted by Gasteiger charge is -1.98. The van der Waals surface area contributed by atoms with Crippen LogP contribution in [0.2, 0.25) is 0 Å². The standard InChI is InChI=1S/C18H13N3OS3/c19-16(22)11-5-7-12(8-6-11)17-20-13(9-23-17)10-24-18-21-14-3-1-2-4-15(14)25-18/h1-9H,10H2,(H2,19,22). The SMILES string of the molecule is NC(=O)c1ccc(-c2nc(CSc3nc4ccccc4s3)cs2)cc1. The molecule has 0 bridgehead atoms. The molecule has 1 amide bonds. The van der Waals surface area contributed by atoms with Crippen LogP contribution in [0.5, 0.6) is 0 Å². The van der Waals surface area contributed by atoms with E-state index in [2.05, 4.69) is 21.4 Å². The molecular weight excluding hydrogens is 370 g/mol. The van der Waals surface area contributed by atoms with Gasteiger partial charge in [0.05, 0.1) is 15.9 Å². The minimum atomic E-state index is -0.418. The zero-order valence-electron chi connectivity index (χ0n) is 13.0. The maximum absolute atomic E-state index is 11.1. The van der Waals surface area contributed by atoms with Gasteiger partial charge in [0.2, 0.25) is 5.91 Å². The van der Waals surface area contributed by atoms with Crippen LogP contribution in [0.4, 0.5) is 0 Å². The van der Waals surface area contributed by atoms with Gasteiger partial charge in [-0.15, -0.1) is 22.7 Å². The van der Waals surface area contributed by atoms with Crippen LogP contribution in [0.1, 0.15) is 16.1 Å². The number of para-hydroxylation sites is 1. The van der Waals surface area contributed by atoms with Crippen molar-refractivity contribution in [2.45, 2.75) is 10.1 Å². The molecule has 2 N–H and O–H groups in total. The second-order valence-corrected chi connectivity index (χ2v) is 8.43. The number of carbonyl (C=O) groups is 1. The molecule has 0 atom stereocenters. The molecule has 2 aromatic heterocycles. The van der Waals surface area contributed by atoms with Crippen molar-refractivity contribution in [3.8, 4) is 10.6 Å². The van der Waals surface area contributed by atoms with E-state index in [9.17, 15) is 4.79 Å². The fourth-order valence-electron chi connectivity index (χ4n) is 2.33. The van der Waals surface area contributed by atoms with Crippen LogP contribution in [0.25, 0.3) is 20.8 Å². The number of fused-ring (bicyclic) bond motifs is 1. The number of aromatic nitrogens is 2. The molecule has 0 unspecified atom stereocenters. The fourth-order valence-corrected chi connectivity index (χ4v) is 5.22. The van der Waals surface area contributed by atoms with Gasteiger partial charge in [0.1, 0.15) is 5.01 Å². The average Bonchev–Trinajstić information content (AvgIpc) is 3.26. The van der Waals surface area contributed by atoms with Gasteiger partial charge in [-0.05, 0) is 24.3 Å². The number of benzene rings is 2. The number of carbonyl (C=O) groups excluding carboxylic acids is 1. The van der Waals surface area contributed by atoms with Crippen LogP contribution in [0.3, 0.4) is 0 Å². The molecular formula is C18H13N3OS3. The zero-order chi connectivity index (χ0) is 17.2. The van der Waals surface area contributed by atoms with E-state index in [0.29, 0.717) is 5.56 Å². The smallest absolute Gasteiger partial charge is 0.248 e. The van der Waals surface area contributed by atoms with Gasteiger partial charge in [0, 0.05) is 22.3 Å². The van der Waals surface area contributed by atoms with E-state index in [-0.39, 0.29) is 0 Å². The molecule has 0 fully saturated rings. The highest BCUT2D eigenvalue weighted by Crippen LogP contribution is 2.32. The molecule has 0 aliphatic rings. The topological polar surface area (TPSA) is 68.9 Å². The van der Waals surface area contributed by atoms with Crippen LogP contribution in [-0.2, 0) is 5.75 Å². The van der Waals surface area contributed by atoms with E-state index >= 15 is 0 Å². The number of thiazole rings is 2. The molecule has 0 saturated heterocycles. The summed E-state index contributed by atoms with van der Waals surface area (Å²) in [6.07, 6.45) is 0. The van der Waals surface area contributed by atoms with Crippen molar-refractivity contribution < 1.29 is 4.79 Å². The highest BCUT2D eigenvalue weighted by molar-refractivity contribution is 8.00. The molecule has 25 heavy (non-hydrogen) atoms. The number of hydrogen-bond acceptors (Lipinski definition) is 6. The van der Waals surface area contributed by atoms with Gasteiger partial charge in [-0.25, -0.2) is 9.97 Å². The lowest BCUT2D eigenvalue weighted by Crippen LogP contribution is -2.10. The van der Waals surface area contributed by atoms with E-state index in [1.807, 2.05) is 30.3 Å². The Morgan fingerprint density at radius 2 is 1.88 bits per heavy atom. The highest BCUT2D eigenvalue weighted by Gasteiger charge is 2.09. The first-order valence-electron chi connectivity index (χ1n) is 7.52. The number of thioether (sulfide) groups is 1. The van der Waals surface area contributed by atoms with E-state index in [4.69, 9.17) is 5.73 Å². The Morgan fingerprint density at radius 3 is 2.64 bits per heavy atom. The molecule has 0 radical (unpaired) electrons. The van der Waals surface area contributed by atoms with Crippen molar-refractivity contribution in [1.29, 1.82) is 0 Å². The third-order valence-electron chi connectivity index (χ3n) is 3.59. The summed E-state index contributed by atoms with van der Waals surface area (Å²) in [6.45, 7) is 0. The second-order valence-electron chi connectivity index (χ2n) is 5.32. The largest absolute Gasteiger partial charge is 0.366 e. The zero-order valence-corrected chi connectivity index (χ0v) is 15.5. The van der Waals surface area contributed by atoms with E-state index in [0.717, 1.165) is 31.9 Å². The van der Waals surface area contributed by atoms with Crippen molar-refractivity contribution >= 4 is 50.6 Å². The quantitative estimate of drug-likeness (QED) is 0.502. The van der Waals surface area contributed by atoms with Gasteiger partial charge in [-0.2, -0.15) is 0 Å². The number of primary amides is 1. The first kappa shape index (κ1) is 16.3. The van der Waals surface area contributed by atoms with Gasteiger partial charge in [0.15, 0.2) is 4.34 Å². The Morgan fingerprint density at radius 1 is 1.08 bits per heavy atom. The molecule has 4 nitrogen and oxygen atoms in total. The molecule has 0 aliphatic heterocycles. The van der Waals surface area contributed by atoms with Gasteiger partial charge in [-0.1, -0.05) is 36.0 Å². The summed E-state index contributed by atoms with van der Waals surface area (Å²) < 4.78 is 2.26. The van der Waals surface area contributed by atoms with Crippen LogP contribution in [-0.4, -0.2) is 15.9 Å². The van der Waals surface area contributed by atoms with Crippen LogP contribution >= 0.6 is 34.4 Å². The summed E-state index contributed by atoms with van der Waals surface area (Å²) in [5, 5.41) is 3.01. The molecule has 124 valence electrons. The average molecular weight is 384 g/mol. The Bertz CT molecular complexity index is 1000. The molecule has 0 saturated carbocycles. The number of amides is 1. The van der Waals surface area contributed by atoms with E-state index < -0.39 is 5.91 Å². The molecule has 4 rings (SSSR count). The van der Waals surface area contributed by atoms with Crippen molar-refractivity contribution in [3.05, 3.63) is 65.2 Å². The molecule has 4 aromatic rings.